The molecule has 0 atom stereocenters. The Hall–Kier alpha value is -0.640. The Morgan fingerprint density at radius 1 is 1.29 bits per heavy atom. The summed E-state index contributed by atoms with van der Waals surface area (Å²) in [5.41, 5.74) is 0. The highest BCUT2D eigenvalue weighted by Crippen LogP contribution is 2.40. The minimum absolute atomic E-state index is 0.619. The van der Waals surface area contributed by atoms with E-state index in [0.717, 1.165) is 28.8 Å². The van der Waals surface area contributed by atoms with Crippen molar-refractivity contribution in [1.82, 2.24) is 9.97 Å². The van der Waals surface area contributed by atoms with Crippen LogP contribution < -0.4 is 4.90 Å². The van der Waals surface area contributed by atoms with Crippen LogP contribution in [0.3, 0.4) is 0 Å². The van der Waals surface area contributed by atoms with Gasteiger partial charge in [0, 0.05) is 24.6 Å². The van der Waals surface area contributed by atoms with Crippen LogP contribution >= 0.6 is 15.9 Å². The van der Waals surface area contributed by atoms with E-state index in [9.17, 15) is 0 Å². The molecule has 0 bridgehead atoms. The average Bonchev–Trinajstić information content (AvgIpc) is 3.18. The molecule has 2 fully saturated rings. The van der Waals surface area contributed by atoms with E-state index < -0.39 is 0 Å². The molecule has 92 valence electrons. The van der Waals surface area contributed by atoms with Crippen molar-refractivity contribution in [3.05, 3.63) is 16.5 Å². The SMILES string of the molecule is CCCN(c1cc(Br)nc(C2CC2)n1)C1CC1. The lowest BCUT2D eigenvalue weighted by atomic mass is 10.3. The van der Waals surface area contributed by atoms with Gasteiger partial charge in [0.05, 0.1) is 0 Å². The summed E-state index contributed by atoms with van der Waals surface area (Å²) >= 11 is 3.52. The topological polar surface area (TPSA) is 29.0 Å². The summed E-state index contributed by atoms with van der Waals surface area (Å²) in [7, 11) is 0. The van der Waals surface area contributed by atoms with E-state index in [1.54, 1.807) is 0 Å². The fraction of sp³-hybridized carbons (Fsp3) is 0.692. The predicted molar refractivity (Wildman–Crippen MR) is 72.4 cm³/mol. The first kappa shape index (κ1) is 11.5. The highest BCUT2D eigenvalue weighted by atomic mass is 79.9. The molecular weight excluding hydrogens is 278 g/mol. The second kappa shape index (κ2) is 4.56. The molecule has 0 amide bonds. The van der Waals surface area contributed by atoms with Crippen LogP contribution in [0.2, 0.25) is 0 Å². The lowest BCUT2D eigenvalue weighted by Crippen LogP contribution is -2.27. The first-order valence-electron chi connectivity index (χ1n) is 6.59. The summed E-state index contributed by atoms with van der Waals surface area (Å²) in [6.45, 7) is 3.34. The standard InChI is InChI=1S/C13H18BrN3/c1-2-7-17(10-5-6-10)12-8-11(14)15-13(16-12)9-3-4-9/h8-10H,2-7H2,1H3. The maximum Gasteiger partial charge on any atom is 0.135 e. The Balaban J connectivity index is 1.88. The van der Waals surface area contributed by atoms with E-state index in [4.69, 9.17) is 4.98 Å². The van der Waals surface area contributed by atoms with Crippen molar-refractivity contribution in [2.24, 2.45) is 0 Å². The van der Waals surface area contributed by atoms with Gasteiger partial charge in [-0.05, 0) is 48.0 Å². The third kappa shape index (κ3) is 2.62. The van der Waals surface area contributed by atoms with Crippen LogP contribution in [0.1, 0.15) is 50.8 Å². The van der Waals surface area contributed by atoms with E-state index in [1.165, 1.54) is 32.1 Å². The number of anilines is 1. The molecule has 2 aliphatic rings. The molecule has 0 N–H and O–H groups in total. The van der Waals surface area contributed by atoms with Gasteiger partial charge in [0.2, 0.25) is 0 Å². The van der Waals surface area contributed by atoms with Crippen LogP contribution in [-0.4, -0.2) is 22.6 Å². The Morgan fingerprint density at radius 2 is 2.06 bits per heavy atom. The van der Waals surface area contributed by atoms with Crippen molar-refractivity contribution >= 4 is 21.7 Å². The van der Waals surface area contributed by atoms with Crippen LogP contribution in [0.4, 0.5) is 5.82 Å². The number of hydrogen-bond donors (Lipinski definition) is 0. The molecule has 4 heteroatoms. The van der Waals surface area contributed by atoms with Gasteiger partial charge in [-0.3, -0.25) is 0 Å². The zero-order chi connectivity index (χ0) is 11.8. The number of hydrogen-bond acceptors (Lipinski definition) is 3. The molecule has 0 aliphatic heterocycles. The van der Waals surface area contributed by atoms with Crippen LogP contribution in [-0.2, 0) is 0 Å². The van der Waals surface area contributed by atoms with Crippen molar-refractivity contribution in [1.29, 1.82) is 0 Å². The fourth-order valence-corrected chi connectivity index (χ4v) is 2.59. The molecule has 1 heterocycles. The summed E-state index contributed by atoms with van der Waals surface area (Å²) in [6.07, 6.45) is 6.33. The molecule has 3 nitrogen and oxygen atoms in total. The first-order chi connectivity index (χ1) is 8.28. The maximum atomic E-state index is 4.76. The van der Waals surface area contributed by atoms with Crippen LogP contribution in [0.5, 0.6) is 0 Å². The van der Waals surface area contributed by atoms with Gasteiger partial charge >= 0.3 is 0 Å². The Kier molecular flexibility index (Phi) is 3.07. The van der Waals surface area contributed by atoms with Gasteiger partial charge in [0.15, 0.2) is 0 Å². The maximum absolute atomic E-state index is 4.76. The van der Waals surface area contributed by atoms with Crippen LogP contribution in [0.25, 0.3) is 0 Å². The minimum atomic E-state index is 0.619. The van der Waals surface area contributed by atoms with E-state index in [-0.39, 0.29) is 0 Å². The molecule has 2 saturated carbocycles. The number of halogens is 1. The third-order valence-corrected chi connectivity index (χ3v) is 3.79. The normalized spacial score (nSPS) is 19.4. The zero-order valence-corrected chi connectivity index (χ0v) is 11.8. The molecule has 0 unspecified atom stereocenters. The second-order valence-corrected chi connectivity index (χ2v) is 5.92. The highest BCUT2D eigenvalue weighted by molar-refractivity contribution is 9.10. The van der Waals surface area contributed by atoms with Gasteiger partial charge in [-0.1, -0.05) is 6.92 Å². The molecule has 0 saturated heterocycles. The summed E-state index contributed by atoms with van der Waals surface area (Å²) < 4.78 is 0.936. The second-order valence-electron chi connectivity index (χ2n) is 5.11. The Morgan fingerprint density at radius 3 is 2.65 bits per heavy atom. The monoisotopic (exact) mass is 295 g/mol. The lowest BCUT2D eigenvalue weighted by Gasteiger charge is -2.23. The van der Waals surface area contributed by atoms with E-state index in [0.29, 0.717) is 5.92 Å². The molecular formula is C13H18BrN3. The van der Waals surface area contributed by atoms with Gasteiger partial charge in [0.25, 0.3) is 0 Å². The smallest absolute Gasteiger partial charge is 0.135 e. The third-order valence-electron chi connectivity index (χ3n) is 3.39. The molecule has 1 aromatic heterocycles. The van der Waals surface area contributed by atoms with Gasteiger partial charge in [0.1, 0.15) is 16.2 Å². The minimum Gasteiger partial charge on any atom is -0.354 e. The summed E-state index contributed by atoms with van der Waals surface area (Å²) in [5.74, 6) is 2.78. The number of rotatable bonds is 5. The number of nitrogens with zero attached hydrogens (tertiary/aromatic N) is 3. The van der Waals surface area contributed by atoms with Crippen LogP contribution in [0.15, 0.2) is 10.7 Å². The molecule has 17 heavy (non-hydrogen) atoms. The molecule has 3 rings (SSSR count). The summed E-state index contributed by atoms with van der Waals surface area (Å²) in [5, 5.41) is 0. The van der Waals surface area contributed by atoms with Crippen molar-refractivity contribution in [3.63, 3.8) is 0 Å². The Bertz CT molecular complexity index is 413. The highest BCUT2D eigenvalue weighted by Gasteiger charge is 2.32. The number of aromatic nitrogens is 2. The van der Waals surface area contributed by atoms with Gasteiger partial charge in [-0.15, -0.1) is 0 Å². The van der Waals surface area contributed by atoms with E-state index in [1.807, 2.05) is 0 Å². The van der Waals surface area contributed by atoms with Crippen molar-refractivity contribution in [3.8, 4) is 0 Å². The van der Waals surface area contributed by atoms with Gasteiger partial charge in [-0.2, -0.15) is 0 Å². The largest absolute Gasteiger partial charge is 0.354 e. The van der Waals surface area contributed by atoms with Crippen molar-refractivity contribution in [2.45, 2.75) is 51.0 Å². The molecule has 0 radical (unpaired) electrons. The Labute approximate surface area is 111 Å². The zero-order valence-electron chi connectivity index (χ0n) is 10.2. The van der Waals surface area contributed by atoms with E-state index >= 15 is 0 Å². The molecule has 0 aromatic carbocycles. The predicted octanol–water partition coefficient (Wildman–Crippen LogP) is 3.50. The molecule has 2 aliphatic carbocycles. The summed E-state index contributed by atoms with van der Waals surface area (Å²) in [6, 6.07) is 2.80. The fourth-order valence-electron chi connectivity index (χ4n) is 2.21. The molecule has 1 aromatic rings. The van der Waals surface area contributed by atoms with E-state index in [2.05, 4.69) is 38.8 Å². The first-order valence-corrected chi connectivity index (χ1v) is 7.38. The summed E-state index contributed by atoms with van der Waals surface area (Å²) in [4.78, 5) is 11.7. The molecule has 0 spiro atoms. The van der Waals surface area contributed by atoms with Gasteiger partial charge < -0.3 is 4.90 Å². The van der Waals surface area contributed by atoms with Crippen molar-refractivity contribution < 1.29 is 0 Å². The lowest BCUT2D eigenvalue weighted by molar-refractivity contribution is 0.739. The van der Waals surface area contributed by atoms with Crippen molar-refractivity contribution in [2.75, 3.05) is 11.4 Å². The average molecular weight is 296 g/mol. The quantitative estimate of drug-likeness (QED) is 0.779. The van der Waals surface area contributed by atoms with Crippen LogP contribution in [0, 0.1) is 0 Å². The van der Waals surface area contributed by atoms with Gasteiger partial charge in [-0.25, -0.2) is 9.97 Å².